The molecule has 4 nitrogen and oxygen atoms in total. The van der Waals surface area contributed by atoms with Gasteiger partial charge in [-0.2, -0.15) is 0 Å². The van der Waals surface area contributed by atoms with E-state index in [0.29, 0.717) is 12.5 Å². The topological polar surface area (TPSA) is 54.0 Å². The quantitative estimate of drug-likeness (QED) is 0.850. The maximum absolute atomic E-state index is 12.0. The predicted molar refractivity (Wildman–Crippen MR) is 84.4 cm³/mol. The summed E-state index contributed by atoms with van der Waals surface area (Å²) in [5, 5.41) is 7.92. The Bertz CT molecular complexity index is 407. The van der Waals surface area contributed by atoms with Gasteiger partial charge in [-0.15, -0.1) is 23.7 Å². The molecule has 19 heavy (non-hydrogen) atoms. The van der Waals surface area contributed by atoms with E-state index in [9.17, 15) is 4.79 Å². The van der Waals surface area contributed by atoms with Gasteiger partial charge in [-0.1, -0.05) is 20.8 Å². The number of anilines is 1. The Labute approximate surface area is 125 Å². The summed E-state index contributed by atoms with van der Waals surface area (Å²) in [6.07, 6.45) is 0.903. The van der Waals surface area contributed by atoms with E-state index in [1.165, 1.54) is 0 Å². The first-order valence-corrected chi connectivity index (χ1v) is 7.17. The van der Waals surface area contributed by atoms with Crippen molar-refractivity contribution >= 4 is 34.7 Å². The molecule has 1 aromatic rings. The van der Waals surface area contributed by atoms with Crippen LogP contribution >= 0.6 is 23.7 Å². The van der Waals surface area contributed by atoms with Gasteiger partial charge >= 0.3 is 0 Å². The molecule has 0 fully saturated rings. The van der Waals surface area contributed by atoms with Gasteiger partial charge in [-0.05, 0) is 26.3 Å². The van der Waals surface area contributed by atoms with Gasteiger partial charge in [0, 0.05) is 12.5 Å². The molecule has 6 heteroatoms. The first-order chi connectivity index (χ1) is 8.43. The summed E-state index contributed by atoms with van der Waals surface area (Å²) in [6, 6.07) is 0. The summed E-state index contributed by atoms with van der Waals surface area (Å²) in [4.78, 5) is 16.5. The summed E-state index contributed by atoms with van der Waals surface area (Å²) in [5.41, 5.74) is 1.01. The molecule has 0 aliphatic rings. The van der Waals surface area contributed by atoms with Crippen LogP contribution < -0.4 is 10.6 Å². The number of thiazole rings is 1. The fourth-order valence-electron chi connectivity index (χ4n) is 1.73. The highest BCUT2D eigenvalue weighted by Crippen LogP contribution is 2.26. The van der Waals surface area contributed by atoms with Crippen LogP contribution in [0.1, 0.15) is 31.5 Å². The molecule has 0 spiro atoms. The van der Waals surface area contributed by atoms with Crippen molar-refractivity contribution in [2.75, 3.05) is 18.9 Å². The molecule has 1 heterocycles. The van der Waals surface area contributed by atoms with Crippen LogP contribution in [-0.2, 0) is 11.2 Å². The number of aryl methyl sites for hydroxylation is 1. The van der Waals surface area contributed by atoms with E-state index in [2.05, 4.69) is 29.5 Å². The molecule has 0 saturated carbocycles. The Morgan fingerprint density at radius 3 is 2.53 bits per heavy atom. The first kappa shape index (κ1) is 18.4. The molecule has 0 aliphatic heterocycles. The Morgan fingerprint density at radius 1 is 1.37 bits per heavy atom. The number of carbonyl (C=O) groups excluding carboxylic acids is 1. The number of nitrogens with one attached hydrogen (secondary N) is 2. The lowest BCUT2D eigenvalue weighted by atomic mass is 10.1. The number of amides is 1. The third-order valence-electron chi connectivity index (χ3n) is 2.60. The number of halogens is 1. The number of carbonyl (C=O) groups is 1. The molecular formula is C13H24ClN3OS. The summed E-state index contributed by atoms with van der Waals surface area (Å²) < 4.78 is 0. The highest BCUT2D eigenvalue weighted by Gasteiger charge is 2.17. The monoisotopic (exact) mass is 305 g/mol. The van der Waals surface area contributed by atoms with E-state index in [1.54, 1.807) is 11.3 Å². The summed E-state index contributed by atoms with van der Waals surface area (Å²) in [6.45, 7) is 8.89. The van der Waals surface area contributed by atoms with Gasteiger partial charge in [-0.3, -0.25) is 4.79 Å². The number of aromatic nitrogens is 1. The van der Waals surface area contributed by atoms with E-state index >= 15 is 0 Å². The highest BCUT2D eigenvalue weighted by molar-refractivity contribution is 7.16. The van der Waals surface area contributed by atoms with E-state index in [4.69, 9.17) is 0 Å². The van der Waals surface area contributed by atoms with Crippen molar-refractivity contribution in [2.24, 2.45) is 11.8 Å². The Balaban J connectivity index is 0.00000324. The summed E-state index contributed by atoms with van der Waals surface area (Å²) >= 11 is 1.56. The van der Waals surface area contributed by atoms with Gasteiger partial charge in [0.05, 0.1) is 10.7 Å². The zero-order chi connectivity index (χ0) is 13.7. The van der Waals surface area contributed by atoms with Gasteiger partial charge in [-0.25, -0.2) is 4.98 Å². The molecule has 2 N–H and O–H groups in total. The second-order valence-corrected chi connectivity index (χ2v) is 6.26. The SMILES string of the molecule is CNCC(C)C(=O)Nc1sc(C)nc1CC(C)C.Cl. The van der Waals surface area contributed by atoms with Crippen LogP contribution in [0.25, 0.3) is 0 Å². The Kier molecular flexibility index (Phi) is 8.22. The molecule has 1 aromatic heterocycles. The molecule has 110 valence electrons. The van der Waals surface area contributed by atoms with Crippen LogP contribution in [0.4, 0.5) is 5.00 Å². The average Bonchev–Trinajstić information content (AvgIpc) is 2.58. The zero-order valence-electron chi connectivity index (χ0n) is 12.2. The van der Waals surface area contributed by atoms with Crippen LogP contribution in [-0.4, -0.2) is 24.5 Å². The third-order valence-corrected chi connectivity index (χ3v) is 3.53. The lowest BCUT2D eigenvalue weighted by molar-refractivity contribution is -0.119. The number of rotatable bonds is 6. The molecule has 0 aromatic carbocycles. The van der Waals surface area contributed by atoms with E-state index < -0.39 is 0 Å². The van der Waals surface area contributed by atoms with E-state index in [1.807, 2.05) is 20.9 Å². The van der Waals surface area contributed by atoms with Gasteiger partial charge in [0.25, 0.3) is 0 Å². The molecule has 0 saturated heterocycles. The second kappa shape index (κ2) is 8.51. The summed E-state index contributed by atoms with van der Waals surface area (Å²) in [7, 11) is 1.85. The normalized spacial score (nSPS) is 12.1. The summed E-state index contributed by atoms with van der Waals surface area (Å²) in [5.74, 6) is 0.555. The lowest BCUT2D eigenvalue weighted by Gasteiger charge is -2.11. The first-order valence-electron chi connectivity index (χ1n) is 6.35. The van der Waals surface area contributed by atoms with Crippen molar-refractivity contribution < 1.29 is 4.79 Å². The zero-order valence-corrected chi connectivity index (χ0v) is 13.9. The highest BCUT2D eigenvalue weighted by atomic mass is 35.5. The standard InChI is InChI=1S/C13H23N3OS.ClH/c1-8(2)6-11-13(18-10(4)15-11)16-12(17)9(3)7-14-5;/h8-9,14H,6-7H2,1-5H3,(H,16,17);1H. The third kappa shape index (κ3) is 5.89. The van der Waals surface area contributed by atoms with Crippen LogP contribution in [0.3, 0.4) is 0 Å². The average molecular weight is 306 g/mol. The largest absolute Gasteiger partial charge is 0.319 e. The van der Waals surface area contributed by atoms with Gasteiger partial charge in [0.15, 0.2) is 0 Å². The Hall–Kier alpha value is -0.650. The van der Waals surface area contributed by atoms with Crippen LogP contribution in [0.2, 0.25) is 0 Å². The molecule has 1 atom stereocenters. The van der Waals surface area contributed by atoms with Crippen LogP contribution in [0.5, 0.6) is 0 Å². The maximum Gasteiger partial charge on any atom is 0.229 e. The fourth-order valence-corrected chi connectivity index (χ4v) is 2.58. The molecule has 0 bridgehead atoms. The predicted octanol–water partition coefficient (Wildman–Crippen LogP) is 2.87. The van der Waals surface area contributed by atoms with Crippen molar-refractivity contribution in [3.8, 4) is 0 Å². The number of hydrogen-bond acceptors (Lipinski definition) is 4. The van der Waals surface area contributed by atoms with Crippen molar-refractivity contribution in [3.63, 3.8) is 0 Å². The minimum absolute atomic E-state index is 0. The molecule has 1 amide bonds. The lowest BCUT2D eigenvalue weighted by Crippen LogP contribution is -2.28. The molecule has 1 rings (SSSR count). The number of nitrogens with zero attached hydrogens (tertiary/aromatic N) is 1. The van der Waals surface area contributed by atoms with E-state index in [0.717, 1.165) is 22.1 Å². The molecule has 1 unspecified atom stereocenters. The van der Waals surface area contributed by atoms with Crippen LogP contribution in [0.15, 0.2) is 0 Å². The van der Waals surface area contributed by atoms with Crippen LogP contribution in [0, 0.1) is 18.8 Å². The Morgan fingerprint density at radius 2 is 2.00 bits per heavy atom. The van der Waals surface area contributed by atoms with Gasteiger partial charge < -0.3 is 10.6 Å². The van der Waals surface area contributed by atoms with Gasteiger partial charge in [0.2, 0.25) is 5.91 Å². The molecule has 0 radical (unpaired) electrons. The minimum atomic E-state index is -0.0377. The fraction of sp³-hybridized carbons (Fsp3) is 0.692. The van der Waals surface area contributed by atoms with Crippen molar-refractivity contribution in [1.29, 1.82) is 0 Å². The second-order valence-electron chi connectivity index (χ2n) is 5.05. The van der Waals surface area contributed by atoms with Gasteiger partial charge in [0.1, 0.15) is 5.00 Å². The number of hydrogen-bond donors (Lipinski definition) is 2. The van der Waals surface area contributed by atoms with Crippen molar-refractivity contribution in [1.82, 2.24) is 10.3 Å². The molecular weight excluding hydrogens is 282 g/mol. The van der Waals surface area contributed by atoms with E-state index in [-0.39, 0.29) is 24.2 Å². The smallest absolute Gasteiger partial charge is 0.229 e. The van der Waals surface area contributed by atoms with Crippen molar-refractivity contribution in [3.05, 3.63) is 10.7 Å². The minimum Gasteiger partial charge on any atom is -0.319 e. The molecule has 0 aliphatic carbocycles. The maximum atomic E-state index is 12.0. The van der Waals surface area contributed by atoms with Crippen molar-refractivity contribution in [2.45, 2.75) is 34.1 Å².